The van der Waals surface area contributed by atoms with E-state index in [0.717, 1.165) is 10.2 Å². The van der Waals surface area contributed by atoms with E-state index in [-0.39, 0.29) is 53.3 Å². The SMILES string of the molecule is COc1cc(OCCF)c(F)c(C(Cc2ccc(C(=N)N)cc2)c2nn(-c3cccnc3N)c(=O)[nH]2)c1. The van der Waals surface area contributed by atoms with E-state index < -0.39 is 24.1 Å². The normalized spacial score (nSPS) is 11.8. The Morgan fingerprint density at radius 1 is 1.24 bits per heavy atom. The highest BCUT2D eigenvalue weighted by molar-refractivity contribution is 5.94. The molecule has 1 atom stereocenters. The van der Waals surface area contributed by atoms with Crippen LogP contribution in [-0.4, -0.2) is 46.0 Å². The second-order valence-corrected chi connectivity index (χ2v) is 8.07. The monoisotopic (exact) mass is 509 g/mol. The van der Waals surface area contributed by atoms with E-state index in [2.05, 4.69) is 15.1 Å². The number of pyridine rings is 1. The van der Waals surface area contributed by atoms with Crippen LogP contribution in [0.4, 0.5) is 14.6 Å². The van der Waals surface area contributed by atoms with Crippen LogP contribution in [0.2, 0.25) is 0 Å². The molecule has 6 N–H and O–H groups in total. The smallest absolute Gasteiger partial charge is 0.348 e. The Morgan fingerprint density at radius 3 is 2.65 bits per heavy atom. The lowest BCUT2D eigenvalue weighted by molar-refractivity contribution is 0.260. The molecule has 37 heavy (non-hydrogen) atoms. The van der Waals surface area contributed by atoms with Crippen molar-refractivity contribution in [3.63, 3.8) is 0 Å². The molecule has 0 saturated heterocycles. The number of ether oxygens (including phenoxy) is 2. The van der Waals surface area contributed by atoms with Gasteiger partial charge in [0.25, 0.3) is 0 Å². The fraction of sp³-hybridized carbons (Fsp3) is 0.200. The van der Waals surface area contributed by atoms with Crippen LogP contribution in [0.5, 0.6) is 11.5 Å². The van der Waals surface area contributed by atoms with Crippen molar-refractivity contribution in [2.24, 2.45) is 5.73 Å². The third kappa shape index (κ3) is 5.42. The molecule has 0 aliphatic heterocycles. The van der Waals surface area contributed by atoms with Crippen molar-refractivity contribution in [1.82, 2.24) is 19.7 Å². The lowest BCUT2D eigenvalue weighted by atomic mass is 9.90. The molecule has 2 heterocycles. The van der Waals surface area contributed by atoms with E-state index in [0.29, 0.717) is 5.56 Å². The largest absolute Gasteiger partial charge is 0.497 e. The molecular formula is C25H25F2N7O3. The first-order chi connectivity index (χ1) is 17.8. The standard InChI is InChI=1S/C25H25F2N7O3/c1-36-16-12-17(21(27)20(13-16)37-10-8-26)18(11-14-4-6-15(7-5-14)22(28)29)24-32-25(35)34(33-24)19-3-2-9-31-23(19)30/h2-7,9,12-13,18H,8,10-11H2,1H3,(H3,28,29)(H2,30,31)(H,32,33,35). The zero-order chi connectivity index (χ0) is 26.5. The maximum absolute atomic E-state index is 15.7. The number of nitrogen functional groups attached to an aromatic ring is 2. The Kier molecular flexibility index (Phi) is 7.47. The Bertz CT molecular complexity index is 1470. The summed E-state index contributed by atoms with van der Waals surface area (Å²) in [5.41, 5.74) is 12.5. The number of hydrogen-bond donors (Lipinski definition) is 4. The van der Waals surface area contributed by atoms with Gasteiger partial charge in [0, 0.05) is 23.4 Å². The summed E-state index contributed by atoms with van der Waals surface area (Å²) >= 11 is 0. The Balaban J connectivity index is 1.85. The topological polar surface area (TPSA) is 158 Å². The van der Waals surface area contributed by atoms with Crippen molar-refractivity contribution in [2.45, 2.75) is 12.3 Å². The average molecular weight is 510 g/mol. The zero-order valence-electron chi connectivity index (χ0n) is 19.9. The minimum atomic E-state index is -0.821. The maximum atomic E-state index is 15.7. The molecule has 4 aromatic rings. The Hall–Kier alpha value is -4.74. The molecular weight excluding hydrogens is 484 g/mol. The molecule has 192 valence electrons. The second kappa shape index (κ2) is 10.9. The van der Waals surface area contributed by atoms with E-state index >= 15 is 4.39 Å². The van der Waals surface area contributed by atoms with Gasteiger partial charge < -0.3 is 20.9 Å². The van der Waals surface area contributed by atoms with Gasteiger partial charge in [-0.05, 0) is 30.2 Å². The van der Waals surface area contributed by atoms with E-state index in [4.69, 9.17) is 26.4 Å². The van der Waals surface area contributed by atoms with E-state index in [1.54, 1.807) is 36.4 Å². The molecule has 0 amide bonds. The van der Waals surface area contributed by atoms with Gasteiger partial charge in [-0.1, -0.05) is 24.3 Å². The molecule has 0 spiro atoms. The summed E-state index contributed by atoms with van der Waals surface area (Å²) in [7, 11) is 1.41. The molecule has 0 aliphatic carbocycles. The van der Waals surface area contributed by atoms with Gasteiger partial charge in [0.2, 0.25) is 0 Å². The van der Waals surface area contributed by atoms with Gasteiger partial charge in [-0.2, -0.15) is 4.68 Å². The fourth-order valence-corrected chi connectivity index (χ4v) is 3.88. The van der Waals surface area contributed by atoms with Crippen LogP contribution in [0.15, 0.2) is 59.5 Å². The molecule has 4 rings (SSSR count). The molecule has 0 radical (unpaired) electrons. The quantitative estimate of drug-likeness (QED) is 0.189. The number of nitrogens with one attached hydrogen (secondary N) is 2. The number of hydrogen-bond acceptors (Lipinski definition) is 7. The molecule has 12 heteroatoms. The van der Waals surface area contributed by atoms with Crippen molar-refractivity contribution in [3.05, 3.63) is 93.5 Å². The summed E-state index contributed by atoms with van der Waals surface area (Å²) in [6, 6.07) is 12.8. The number of amidine groups is 1. The molecule has 0 fully saturated rings. The Labute approximate surface area is 210 Å². The van der Waals surface area contributed by atoms with Gasteiger partial charge in [-0.25, -0.2) is 18.6 Å². The second-order valence-electron chi connectivity index (χ2n) is 8.07. The zero-order valence-corrected chi connectivity index (χ0v) is 19.9. The van der Waals surface area contributed by atoms with E-state index in [9.17, 15) is 9.18 Å². The van der Waals surface area contributed by atoms with Crippen molar-refractivity contribution >= 4 is 11.7 Å². The summed E-state index contributed by atoms with van der Waals surface area (Å²) in [5, 5.41) is 12.0. The predicted molar refractivity (Wildman–Crippen MR) is 134 cm³/mol. The van der Waals surface area contributed by atoms with Gasteiger partial charge in [-0.15, -0.1) is 5.10 Å². The summed E-state index contributed by atoms with van der Waals surface area (Å²) < 4.78 is 40.1. The lowest BCUT2D eigenvalue weighted by Gasteiger charge is -2.19. The number of aromatic amines is 1. The number of nitrogens with two attached hydrogens (primary N) is 2. The molecule has 2 aromatic heterocycles. The molecule has 0 saturated carbocycles. The molecule has 0 bridgehead atoms. The first-order valence-corrected chi connectivity index (χ1v) is 11.2. The minimum Gasteiger partial charge on any atom is -0.497 e. The fourth-order valence-electron chi connectivity index (χ4n) is 3.88. The number of rotatable bonds is 10. The van der Waals surface area contributed by atoms with Crippen molar-refractivity contribution in [3.8, 4) is 17.2 Å². The third-order valence-corrected chi connectivity index (χ3v) is 5.70. The number of H-pyrrole nitrogens is 1. The summed E-state index contributed by atoms with van der Waals surface area (Å²) in [4.78, 5) is 19.5. The Morgan fingerprint density at radius 2 is 2.00 bits per heavy atom. The van der Waals surface area contributed by atoms with Crippen LogP contribution in [0.1, 0.15) is 28.4 Å². The van der Waals surface area contributed by atoms with Gasteiger partial charge in [0.1, 0.15) is 42.2 Å². The number of anilines is 1. The summed E-state index contributed by atoms with van der Waals surface area (Å²) in [6.07, 6.45) is 1.68. The van der Waals surface area contributed by atoms with Gasteiger partial charge in [0.05, 0.1) is 13.0 Å². The van der Waals surface area contributed by atoms with Crippen LogP contribution in [0.25, 0.3) is 5.69 Å². The summed E-state index contributed by atoms with van der Waals surface area (Å²) in [6.45, 7) is -1.14. The summed E-state index contributed by atoms with van der Waals surface area (Å²) in [5.74, 6) is -1.33. The van der Waals surface area contributed by atoms with Crippen LogP contribution < -0.4 is 26.6 Å². The number of methoxy groups -OCH3 is 1. The predicted octanol–water partition coefficient (Wildman–Crippen LogP) is 2.69. The average Bonchev–Trinajstić information content (AvgIpc) is 3.28. The third-order valence-electron chi connectivity index (χ3n) is 5.70. The van der Waals surface area contributed by atoms with Crippen LogP contribution in [-0.2, 0) is 6.42 Å². The van der Waals surface area contributed by atoms with Crippen LogP contribution >= 0.6 is 0 Å². The van der Waals surface area contributed by atoms with Gasteiger partial charge >= 0.3 is 5.69 Å². The first kappa shape index (κ1) is 25.4. The number of halogens is 2. The van der Waals surface area contributed by atoms with Crippen molar-refractivity contribution in [2.75, 3.05) is 26.1 Å². The molecule has 10 nitrogen and oxygen atoms in total. The minimum absolute atomic E-state index is 0.0891. The highest BCUT2D eigenvalue weighted by Gasteiger charge is 2.27. The number of nitrogens with zero attached hydrogens (tertiary/aromatic N) is 3. The van der Waals surface area contributed by atoms with Crippen molar-refractivity contribution in [1.29, 1.82) is 5.41 Å². The molecule has 1 unspecified atom stereocenters. The molecule has 0 aliphatic rings. The highest BCUT2D eigenvalue weighted by Crippen LogP contribution is 2.36. The maximum Gasteiger partial charge on any atom is 0.348 e. The van der Waals surface area contributed by atoms with Gasteiger partial charge in [0.15, 0.2) is 11.6 Å². The number of benzene rings is 2. The number of aromatic nitrogens is 4. The number of alkyl halides is 1. The molecule has 2 aromatic carbocycles. The highest BCUT2D eigenvalue weighted by atomic mass is 19.1. The first-order valence-electron chi connectivity index (χ1n) is 11.2. The lowest BCUT2D eigenvalue weighted by Crippen LogP contribution is -2.17. The van der Waals surface area contributed by atoms with E-state index in [1.165, 1.54) is 25.4 Å². The van der Waals surface area contributed by atoms with Crippen LogP contribution in [0, 0.1) is 11.2 Å². The van der Waals surface area contributed by atoms with E-state index in [1.807, 2.05) is 0 Å². The van der Waals surface area contributed by atoms with Gasteiger partial charge in [-0.3, -0.25) is 10.4 Å². The van der Waals surface area contributed by atoms with Crippen LogP contribution in [0.3, 0.4) is 0 Å². The van der Waals surface area contributed by atoms with Crippen molar-refractivity contribution < 1.29 is 18.3 Å².